The summed E-state index contributed by atoms with van der Waals surface area (Å²) in [7, 11) is 1.79. The predicted molar refractivity (Wildman–Crippen MR) is 43.3 cm³/mol. The van der Waals surface area contributed by atoms with E-state index in [1.165, 1.54) is 0 Å². The van der Waals surface area contributed by atoms with E-state index in [0.29, 0.717) is 0 Å². The zero-order chi connectivity index (χ0) is 8.57. The Hall–Kier alpha value is -1.12. The van der Waals surface area contributed by atoms with Gasteiger partial charge < -0.3 is 10.7 Å². The lowest BCUT2D eigenvalue weighted by Gasteiger charge is -1.97. The maximum atomic E-state index is 10.0. The van der Waals surface area contributed by atoms with Crippen molar-refractivity contribution in [2.24, 2.45) is 0 Å². The minimum absolute atomic E-state index is 0.757. The van der Waals surface area contributed by atoms with Crippen LogP contribution in [0.5, 0.6) is 0 Å². The van der Waals surface area contributed by atoms with E-state index in [1.807, 2.05) is 6.92 Å². The van der Waals surface area contributed by atoms with E-state index in [1.54, 1.807) is 14.0 Å². The van der Waals surface area contributed by atoms with E-state index in [-0.39, 0.29) is 0 Å². The first-order valence-corrected chi connectivity index (χ1v) is 2.88. The summed E-state index contributed by atoms with van der Waals surface area (Å²) < 4.78 is 0. The SMILES string of the molecule is C=N.CN/C(C)=C(\C)C=O. The smallest absolute Gasteiger partial charge is 0.147 e. The molecule has 0 aliphatic rings. The van der Waals surface area contributed by atoms with E-state index in [0.717, 1.165) is 17.6 Å². The number of carbonyl (C=O) groups excluding carboxylic acids is 1. The van der Waals surface area contributed by atoms with Crippen molar-refractivity contribution in [3.05, 3.63) is 11.3 Å². The molecule has 0 aromatic heterocycles. The highest BCUT2D eigenvalue weighted by Crippen LogP contribution is 1.92. The van der Waals surface area contributed by atoms with Gasteiger partial charge in [0.25, 0.3) is 0 Å². The van der Waals surface area contributed by atoms with Crippen LogP contribution in [0.1, 0.15) is 13.8 Å². The lowest BCUT2D eigenvalue weighted by atomic mass is 10.3. The Bertz CT molecular complexity index is 130. The number of hydrogen-bond donors (Lipinski definition) is 2. The predicted octanol–water partition coefficient (Wildman–Crippen LogP) is 0.964. The molecule has 58 valence electrons. The maximum Gasteiger partial charge on any atom is 0.147 e. The van der Waals surface area contributed by atoms with Gasteiger partial charge in [-0.25, -0.2) is 0 Å². The molecule has 0 unspecified atom stereocenters. The van der Waals surface area contributed by atoms with Gasteiger partial charge in [-0.2, -0.15) is 0 Å². The molecule has 0 aromatic carbocycles. The summed E-state index contributed by atoms with van der Waals surface area (Å²) in [6.45, 7) is 6.14. The quantitative estimate of drug-likeness (QED) is 0.343. The molecule has 0 aliphatic carbocycles. The first kappa shape index (κ1) is 11.6. The molecule has 0 fully saturated rings. The Labute approximate surface area is 61.6 Å². The molecule has 0 amide bonds. The van der Waals surface area contributed by atoms with Gasteiger partial charge in [-0.1, -0.05) is 0 Å². The molecule has 0 aromatic rings. The Kier molecular flexibility index (Phi) is 9.18. The molecule has 0 radical (unpaired) electrons. The fourth-order valence-corrected chi connectivity index (χ4v) is 0.286. The summed E-state index contributed by atoms with van der Waals surface area (Å²) >= 11 is 0. The molecular formula is C7H14N2O. The van der Waals surface area contributed by atoms with Crippen molar-refractivity contribution in [2.45, 2.75) is 13.8 Å². The maximum absolute atomic E-state index is 10.0. The Morgan fingerprint density at radius 3 is 2.00 bits per heavy atom. The van der Waals surface area contributed by atoms with Crippen LogP contribution in [0.15, 0.2) is 11.3 Å². The van der Waals surface area contributed by atoms with E-state index in [4.69, 9.17) is 5.41 Å². The second-order valence-electron chi connectivity index (χ2n) is 1.68. The summed E-state index contributed by atoms with van der Waals surface area (Å²) in [5, 5.41) is 8.36. The summed E-state index contributed by atoms with van der Waals surface area (Å²) in [6.07, 6.45) is 0.839. The summed E-state index contributed by atoms with van der Waals surface area (Å²) in [5.41, 5.74) is 1.69. The van der Waals surface area contributed by atoms with Gasteiger partial charge in [0.2, 0.25) is 0 Å². The minimum Gasteiger partial charge on any atom is -0.391 e. The highest BCUT2D eigenvalue weighted by molar-refractivity contribution is 5.73. The van der Waals surface area contributed by atoms with Gasteiger partial charge in [-0.05, 0) is 20.6 Å². The third-order valence-electron chi connectivity index (χ3n) is 1.14. The number of allylic oxidation sites excluding steroid dienone is 2. The fraction of sp³-hybridized carbons (Fsp3) is 0.429. The summed E-state index contributed by atoms with van der Waals surface area (Å²) in [4.78, 5) is 10.0. The molecule has 0 spiro atoms. The Morgan fingerprint density at radius 2 is 1.90 bits per heavy atom. The molecule has 0 saturated heterocycles. The van der Waals surface area contributed by atoms with Gasteiger partial charge in [0.15, 0.2) is 0 Å². The number of carbonyl (C=O) groups is 1. The van der Waals surface area contributed by atoms with Crippen LogP contribution < -0.4 is 5.32 Å². The molecule has 10 heavy (non-hydrogen) atoms. The Balaban J connectivity index is 0. The minimum atomic E-state index is 0.757. The summed E-state index contributed by atoms with van der Waals surface area (Å²) in [5.74, 6) is 0. The normalized spacial score (nSPS) is 10.3. The van der Waals surface area contributed by atoms with Crippen LogP contribution >= 0.6 is 0 Å². The van der Waals surface area contributed by atoms with Crippen LogP contribution in [0, 0.1) is 5.41 Å². The largest absolute Gasteiger partial charge is 0.391 e. The van der Waals surface area contributed by atoms with Crippen molar-refractivity contribution in [1.29, 1.82) is 5.41 Å². The zero-order valence-electron chi connectivity index (χ0n) is 6.69. The van der Waals surface area contributed by atoms with Gasteiger partial charge in [0.05, 0.1) is 0 Å². The molecular weight excluding hydrogens is 128 g/mol. The number of nitrogens with one attached hydrogen (secondary N) is 2. The van der Waals surface area contributed by atoms with Gasteiger partial charge in [0, 0.05) is 18.3 Å². The van der Waals surface area contributed by atoms with Gasteiger partial charge in [-0.3, -0.25) is 4.79 Å². The molecule has 3 nitrogen and oxygen atoms in total. The van der Waals surface area contributed by atoms with Crippen molar-refractivity contribution < 1.29 is 4.79 Å². The topological polar surface area (TPSA) is 53.0 Å². The first-order chi connectivity index (χ1) is 4.72. The van der Waals surface area contributed by atoms with E-state index < -0.39 is 0 Å². The lowest BCUT2D eigenvalue weighted by molar-refractivity contribution is -0.104. The van der Waals surface area contributed by atoms with Crippen LogP contribution in [-0.2, 0) is 4.79 Å². The number of aldehydes is 1. The summed E-state index contributed by atoms with van der Waals surface area (Å²) in [6, 6.07) is 0. The molecule has 0 bridgehead atoms. The van der Waals surface area contributed by atoms with Crippen LogP contribution in [0.3, 0.4) is 0 Å². The molecule has 0 saturated carbocycles. The highest BCUT2D eigenvalue weighted by atomic mass is 16.1. The lowest BCUT2D eigenvalue weighted by Crippen LogP contribution is -2.04. The van der Waals surface area contributed by atoms with Crippen molar-refractivity contribution in [3.8, 4) is 0 Å². The van der Waals surface area contributed by atoms with Crippen LogP contribution in [0.25, 0.3) is 0 Å². The highest BCUT2D eigenvalue weighted by Gasteiger charge is 1.87. The zero-order valence-corrected chi connectivity index (χ0v) is 6.69. The monoisotopic (exact) mass is 142 g/mol. The van der Waals surface area contributed by atoms with E-state index in [2.05, 4.69) is 12.0 Å². The molecule has 0 rings (SSSR count). The first-order valence-electron chi connectivity index (χ1n) is 2.88. The van der Waals surface area contributed by atoms with Gasteiger partial charge in [0.1, 0.15) is 6.29 Å². The third kappa shape index (κ3) is 5.03. The molecule has 0 aliphatic heterocycles. The van der Waals surface area contributed by atoms with Crippen LogP contribution in [0.2, 0.25) is 0 Å². The fourth-order valence-electron chi connectivity index (χ4n) is 0.286. The van der Waals surface area contributed by atoms with Gasteiger partial charge in [-0.15, -0.1) is 0 Å². The second-order valence-corrected chi connectivity index (χ2v) is 1.68. The van der Waals surface area contributed by atoms with Crippen molar-refractivity contribution in [2.75, 3.05) is 7.05 Å². The molecule has 2 N–H and O–H groups in total. The molecule has 0 heterocycles. The van der Waals surface area contributed by atoms with Crippen LogP contribution in [0.4, 0.5) is 0 Å². The second kappa shape index (κ2) is 7.88. The standard InChI is InChI=1S/C6H11NO.CH3N/c1-5(4-8)6(2)7-3;1-2/h4,7H,1-3H3;2H,1H2/b6-5+;. The van der Waals surface area contributed by atoms with E-state index in [9.17, 15) is 4.79 Å². The van der Waals surface area contributed by atoms with Crippen molar-refractivity contribution >= 4 is 13.0 Å². The Morgan fingerprint density at radius 1 is 1.50 bits per heavy atom. The average molecular weight is 142 g/mol. The number of rotatable bonds is 2. The van der Waals surface area contributed by atoms with Crippen molar-refractivity contribution in [3.63, 3.8) is 0 Å². The average Bonchev–Trinajstić information content (AvgIpc) is 2.05. The van der Waals surface area contributed by atoms with Crippen molar-refractivity contribution in [1.82, 2.24) is 5.32 Å². The van der Waals surface area contributed by atoms with E-state index >= 15 is 0 Å². The molecule has 3 heteroatoms. The molecule has 0 atom stereocenters. The van der Waals surface area contributed by atoms with Gasteiger partial charge >= 0.3 is 0 Å². The third-order valence-corrected chi connectivity index (χ3v) is 1.14. The van der Waals surface area contributed by atoms with Crippen LogP contribution in [-0.4, -0.2) is 20.1 Å². The number of hydrogen-bond acceptors (Lipinski definition) is 3.